The highest BCUT2D eigenvalue weighted by Crippen LogP contribution is 2.35. The summed E-state index contributed by atoms with van der Waals surface area (Å²) in [5, 5.41) is 3.23. The second kappa shape index (κ2) is 6.37. The molecule has 24 heavy (non-hydrogen) atoms. The van der Waals surface area contributed by atoms with Gasteiger partial charge in [-0.1, -0.05) is 24.3 Å². The maximum atomic E-state index is 12.8. The fraction of sp³-hybridized carbons (Fsp3) is 0.632. The average molecular weight is 330 g/mol. The van der Waals surface area contributed by atoms with Crippen molar-refractivity contribution in [2.45, 2.75) is 44.4 Å². The Bertz CT molecular complexity index is 612. The minimum absolute atomic E-state index is 0.0444. The number of ether oxygens (including phenoxy) is 2. The van der Waals surface area contributed by atoms with Crippen LogP contribution in [0.3, 0.4) is 0 Å². The van der Waals surface area contributed by atoms with Gasteiger partial charge in [-0.2, -0.15) is 0 Å². The predicted octanol–water partition coefficient (Wildman–Crippen LogP) is 2.86. The number of amides is 2. The average Bonchev–Trinajstić information content (AvgIpc) is 3.23. The highest BCUT2D eigenvalue weighted by atomic mass is 16.7. The molecule has 0 aromatic heterocycles. The van der Waals surface area contributed by atoms with Crippen LogP contribution in [0.4, 0.5) is 4.79 Å². The molecule has 5 nitrogen and oxygen atoms in total. The number of likely N-dealkylation sites (tertiary alicyclic amines) is 1. The Morgan fingerprint density at radius 1 is 1.25 bits per heavy atom. The number of urea groups is 1. The van der Waals surface area contributed by atoms with Crippen molar-refractivity contribution in [3.05, 3.63) is 35.4 Å². The minimum atomic E-state index is -0.529. The third kappa shape index (κ3) is 2.91. The maximum Gasteiger partial charge on any atom is 0.317 e. The molecule has 2 atom stereocenters. The van der Waals surface area contributed by atoms with E-state index in [0.717, 1.165) is 32.2 Å². The van der Waals surface area contributed by atoms with Gasteiger partial charge in [-0.25, -0.2) is 4.79 Å². The molecule has 2 amide bonds. The zero-order valence-corrected chi connectivity index (χ0v) is 14.3. The Labute approximate surface area is 143 Å². The number of benzene rings is 1. The van der Waals surface area contributed by atoms with E-state index in [1.165, 1.54) is 11.1 Å². The Balaban J connectivity index is 1.40. The first-order chi connectivity index (χ1) is 11.7. The largest absolute Gasteiger partial charge is 0.347 e. The van der Waals surface area contributed by atoms with Crippen molar-refractivity contribution in [1.29, 1.82) is 0 Å². The molecule has 4 rings (SSSR count). The fourth-order valence-electron chi connectivity index (χ4n) is 4.30. The molecule has 1 aliphatic carbocycles. The van der Waals surface area contributed by atoms with Crippen LogP contribution in [0, 0.1) is 5.92 Å². The summed E-state index contributed by atoms with van der Waals surface area (Å²) in [6, 6.07) is 8.60. The van der Waals surface area contributed by atoms with Gasteiger partial charge in [0.1, 0.15) is 0 Å². The molecule has 5 heteroatoms. The number of hydrogen-bond acceptors (Lipinski definition) is 3. The van der Waals surface area contributed by atoms with Gasteiger partial charge >= 0.3 is 6.03 Å². The van der Waals surface area contributed by atoms with Crippen molar-refractivity contribution < 1.29 is 14.3 Å². The summed E-state index contributed by atoms with van der Waals surface area (Å²) in [5.74, 6) is -0.283. The number of aryl methyl sites for hydroxylation is 1. The second-order valence-corrected chi connectivity index (χ2v) is 7.24. The molecular weight excluding hydrogens is 304 g/mol. The molecule has 0 unspecified atom stereocenters. The number of rotatable bonds is 2. The van der Waals surface area contributed by atoms with Gasteiger partial charge in [-0.15, -0.1) is 0 Å². The van der Waals surface area contributed by atoms with Crippen LogP contribution in [0.2, 0.25) is 0 Å². The molecule has 0 bridgehead atoms. The van der Waals surface area contributed by atoms with E-state index in [1.54, 1.807) is 0 Å². The zero-order chi connectivity index (χ0) is 16.6. The van der Waals surface area contributed by atoms with Crippen LogP contribution in [0.5, 0.6) is 0 Å². The summed E-state index contributed by atoms with van der Waals surface area (Å²) in [6.45, 7) is 4.83. The van der Waals surface area contributed by atoms with Gasteiger partial charge < -0.3 is 19.7 Å². The molecule has 1 N–H and O–H groups in total. The molecule has 1 aromatic rings. The fourth-order valence-corrected chi connectivity index (χ4v) is 4.30. The normalized spacial score (nSPS) is 28.6. The number of nitrogens with zero attached hydrogens (tertiary/aromatic N) is 1. The first-order valence-electron chi connectivity index (χ1n) is 9.07. The maximum absolute atomic E-state index is 12.8. The molecule has 1 aromatic carbocycles. The van der Waals surface area contributed by atoms with Gasteiger partial charge in [0, 0.05) is 19.0 Å². The van der Waals surface area contributed by atoms with Crippen LogP contribution in [0.1, 0.15) is 43.4 Å². The lowest BCUT2D eigenvalue weighted by atomic mass is 9.90. The number of hydrogen-bond donors (Lipinski definition) is 1. The van der Waals surface area contributed by atoms with Crippen LogP contribution in [-0.4, -0.2) is 43.0 Å². The molecule has 0 saturated carbocycles. The van der Waals surface area contributed by atoms with Crippen LogP contribution in [-0.2, 0) is 15.9 Å². The quantitative estimate of drug-likeness (QED) is 0.907. The molecule has 0 radical (unpaired) electrons. The van der Waals surface area contributed by atoms with Crippen molar-refractivity contribution in [2.75, 3.05) is 26.3 Å². The summed E-state index contributed by atoms with van der Waals surface area (Å²) in [6.07, 6.45) is 4.09. The number of carbonyl (C=O) groups is 1. The summed E-state index contributed by atoms with van der Waals surface area (Å²) in [5.41, 5.74) is 2.63. The highest BCUT2D eigenvalue weighted by Gasteiger charge is 2.42. The lowest BCUT2D eigenvalue weighted by Gasteiger charge is -2.40. The van der Waals surface area contributed by atoms with E-state index in [4.69, 9.17) is 9.47 Å². The number of fused-ring (bicyclic) bond motifs is 1. The van der Waals surface area contributed by atoms with E-state index in [9.17, 15) is 4.79 Å². The van der Waals surface area contributed by atoms with Crippen molar-refractivity contribution in [2.24, 2.45) is 5.92 Å². The molecule has 2 heterocycles. The minimum Gasteiger partial charge on any atom is -0.347 e. The van der Waals surface area contributed by atoms with Crippen molar-refractivity contribution in [1.82, 2.24) is 10.2 Å². The molecular formula is C19H26N2O3. The van der Waals surface area contributed by atoms with E-state index < -0.39 is 5.79 Å². The van der Waals surface area contributed by atoms with E-state index in [0.29, 0.717) is 19.8 Å². The van der Waals surface area contributed by atoms with Crippen LogP contribution >= 0.6 is 0 Å². The molecule has 2 fully saturated rings. The highest BCUT2D eigenvalue weighted by molar-refractivity contribution is 5.75. The van der Waals surface area contributed by atoms with E-state index >= 15 is 0 Å². The number of carbonyl (C=O) groups excluding carboxylic acids is 1. The number of piperidine rings is 1. The monoisotopic (exact) mass is 330 g/mol. The Kier molecular flexibility index (Phi) is 4.22. The van der Waals surface area contributed by atoms with Gasteiger partial charge in [-0.3, -0.25) is 0 Å². The predicted molar refractivity (Wildman–Crippen MR) is 90.6 cm³/mol. The van der Waals surface area contributed by atoms with E-state index in [2.05, 4.69) is 29.6 Å². The molecule has 2 aliphatic heterocycles. The van der Waals surface area contributed by atoms with Gasteiger partial charge in [0.25, 0.3) is 0 Å². The van der Waals surface area contributed by atoms with Crippen molar-refractivity contribution >= 4 is 6.03 Å². The standard InChI is InChI=1S/C19H26N2O3/c1-19(23-11-12-24-19)15-6-4-10-21(13-15)18(22)20-17-9-8-14-5-2-3-7-16(14)17/h2-3,5,7,15,17H,4,6,8-13H2,1H3,(H,20,22)/t15-,17-/m0/s1. The Hall–Kier alpha value is -1.59. The lowest BCUT2D eigenvalue weighted by Crippen LogP contribution is -2.51. The van der Waals surface area contributed by atoms with Crippen molar-refractivity contribution in [3.8, 4) is 0 Å². The molecule has 130 valence electrons. The first kappa shape index (κ1) is 15.9. The lowest BCUT2D eigenvalue weighted by molar-refractivity contribution is -0.189. The first-order valence-corrected chi connectivity index (χ1v) is 9.07. The van der Waals surface area contributed by atoms with Gasteiger partial charge in [0.15, 0.2) is 5.79 Å². The summed E-state index contributed by atoms with van der Waals surface area (Å²) in [4.78, 5) is 14.7. The SMILES string of the molecule is CC1([C@H]2CCCN(C(=O)N[C@H]3CCc4ccccc43)C2)OCCO1. The van der Waals surface area contributed by atoms with Crippen LogP contribution in [0.15, 0.2) is 24.3 Å². The topological polar surface area (TPSA) is 50.8 Å². The Morgan fingerprint density at radius 2 is 2.04 bits per heavy atom. The summed E-state index contributed by atoms with van der Waals surface area (Å²) in [7, 11) is 0. The third-order valence-corrected chi connectivity index (χ3v) is 5.74. The van der Waals surface area contributed by atoms with E-state index in [-0.39, 0.29) is 18.0 Å². The van der Waals surface area contributed by atoms with Crippen LogP contribution < -0.4 is 5.32 Å². The van der Waals surface area contributed by atoms with Crippen molar-refractivity contribution in [3.63, 3.8) is 0 Å². The summed E-state index contributed by atoms with van der Waals surface area (Å²) >= 11 is 0. The molecule has 3 aliphatic rings. The van der Waals surface area contributed by atoms with Crippen LogP contribution in [0.25, 0.3) is 0 Å². The number of nitrogens with one attached hydrogen (secondary N) is 1. The van der Waals surface area contributed by atoms with Gasteiger partial charge in [-0.05, 0) is 43.7 Å². The van der Waals surface area contributed by atoms with E-state index in [1.807, 2.05) is 11.8 Å². The smallest absolute Gasteiger partial charge is 0.317 e. The summed E-state index contributed by atoms with van der Waals surface area (Å²) < 4.78 is 11.6. The molecule has 0 spiro atoms. The third-order valence-electron chi connectivity index (χ3n) is 5.74. The van der Waals surface area contributed by atoms with Gasteiger partial charge in [0.05, 0.1) is 19.3 Å². The zero-order valence-electron chi connectivity index (χ0n) is 14.3. The molecule has 2 saturated heterocycles. The second-order valence-electron chi connectivity index (χ2n) is 7.24. The van der Waals surface area contributed by atoms with Gasteiger partial charge in [0.2, 0.25) is 0 Å². The Morgan fingerprint density at radius 3 is 2.88 bits per heavy atom.